The van der Waals surface area contributed by atoms with E-state index in [9.17, 15) is 14.3 Å². The van der Waals surface area contributed by atoms with Crippen LogP contribution in [-0.4, -0.2) is 34.7 Å². The molecule has 1 aromatic rings. The number of aliphatic hydroxyl groups is 1. The van der Waals surface area contributed by atoms with Crippen molar-refractivity contribution in [2.24, 2.45) is 5.92 Å². The molecule has 2 aliphatic rings. The van der Waals surface area contributed by atoms with E-state index in [1.807, 2.05) is 4.90 Å². The maximum Gasteiger partial charge on any atom is 0.322 e. The van der Waals surface area contributed by atoms with E-state index < -0.39 is 0 Å². The Labute approximate surface area is 124 Å². The Morgan fingerprint density at radius 1 is 1.19 bits per heavy atom. The Kier molecular flexibility index (Phi) is 4.10. The number of anilines is 1. The lowest BCUT2D eigenvalue weighted by molar-refractivity contribution is 0.0867. The van der Waals surface area contributed by atoms with E-state index in [-0.39, 0.29) is 29.9 Å². The largest absolute Gasteiger partial charge is 0.393 e. The number of urea groups is 1. The summed E-state index contributed by atoms with van der Waals surface area (Å²) < 4.78 is 12.9. The number of hydrogen-bond acceptors (Lipinski definition) is 2. The molecule has 2 amide bonds. The topological polar surface area (TPSA) is 52.6 Å². The van der Waals surface area contributed by atoms with E-state index in [0.29, 0.717) is 5.69 Å². The standard InChI is InChI=1S/C16H21FN2O2/c17-11-6-8-12(9-7-11)18-16(21)19-10-2-4-14(19)13-3-1-5-15(13)20/h6-9,13-15,20H,1-5,10H2,(H,18,21). The molecule has 114 valence electrons. The highest BCUT2D eigenvalue weighted by atomic mass is 19.1. The molecule has 1 aliphatic carbocycles. The number of carbonyl (C=O) groups is 1. The number of carbonyl (C=O) groups excluding carboxylic acids is 1. The van der Waals surface area contributed by atoms with Crippen LogP contribution in [0.3, 0.4) is 0 Å². The molecule has 0 spiro atoms. The average Bonchev–Trinajstić information content (AvgIpc) is 3.09. The Bertz CT molecular complexity index is 506. The van der Waals surface area contributed by atoms with Crippen LogP contribution in [0.2, 0.25) is 0 Å². The van der Waals surface area contributed by atoms with Crippen LogP contribution in [0, 0.1) is 11.7 Å². The number of nitrogens with one attached hydrogen (secondary N) is 1. The van der Waals surface area contributed by atoms with Crippen molar-refractivity contribution in [1.82, 2.24) is 4.90 Å². The van der Waals surface area contributed by atoms with Gasteiger partial charge >= 0.3 is 6.03 Å². The first-order valence-electron chi connectivity index (χ1n) is 7.66. The Balaban J connectivity index is 1.67. The van der Waals surface area contributed by atoms with Gasteiger partial charge in [0.05, 0.1) is 6.10 Å². The summed E-state index contributed by atoms with van der Waals surface area (Å²) >= 11 is 0. The van der Waals surface area contributed by atoms with Gasteiger partial charge in [-0.1, -0.05) is 6.42 Å². The number of hydrogen-bond donors (Lipinski definition) is 2. The number of benzene rings is 1. The van der Waals surface area contributed by atoms with Crippen molar-refractivity contribution in [3.05, 3.63) is 30.1 Å². The number of likely N-dealkylation sites (tertiary alicyclic amines) is 1. The Morgan fingerprint density at radius 2 is 1.95 bits per heavy atom. The second kappa shape index (κ2) is 6.02. The maximum atomic E-state index is 12.9. The minimum atomic E-state index is -0.318. The van der Waals surface area contributed by atoms with Crippen LogP contribution in [-0.2, 0) is 0 Å². The second-order valence-electron chi connectivity index (χ2n) is 6.00. The summed E-state index contributed by atoms with van der Waals surface area (Å²) in [5.41, 5.74) is 0.596. The zero-order valence-corrected chi connectivity index (χ0v) is 12.0. The van der Waals surface area contributed by atoms with Crippen LogP contribution in [0.4, 0.5) is 14.9 Å². The van der Waals surface area contributed by atoms with Crippen LogP contribution in [0.15, 0.2) is 24.3 Å². The molecule has 0 radical (unpaired) electrons. The van der Waals surface area contributed by atoms with Crippen molar-refractivity contribution in [3.63, 3.8) is 0 Å². The molecule has 2 N–H and O–H groups in total. The summed E-state index contributed by atoms with van der Waals surface area (Å²) in [6.07, 6.45) is 4.52. The van der Waals surface area contributed by atoms with E-state index in [0.717, 1.165) is 38.6 Å². The van der Waals surface area contributed by atoms with Gasteiger partial charge in [0.2, 0.25) is 0 Å². The number of nitrogens with zero attached hydrogens (tertiary/aromatic N) is 1. The van der Waals surface area contributed by atoms with Gasteiger partial charge in [0.25, 0.3) is 0 Å². The zero-order chi connectivity index (χ0) is 14.8. The van der Waals surface area contributed by atoms with Gasteiger partial charge in [0.15, 0.2) is 0 Å². The molecule has 5 heteroatoms. The van der Waals surface area contributed by atoms with Gasteiger partial charge in [-0.15, -0.1) is 0 Å². The third-order valence-electron chi connectivity index (χ3n) is 4.68. The summed E-state index contributed by atoms with van der Waals surface area (Å²) in [6, 6.07) is 5.76. The van der Waals surface area contributed by atoms with Crippen LogP contribution in [0.25, 0.3) is 0 Å². The minimum Gasteiger partial charge on any atom is -0.393 e. The number of rotatable bonds is 2. The van der Waals surface area contributed by atoms with Crippen molar-refractivity contribution in [2.75, 3.05) is 11.9 Å². The number of halogens is 1. The van der Waals surface area contributed by atoms with Gasteiger partial charge in [-0.3, -0.25) is 0 Å². The smallest absolute Gasteiger partial charge is 0.322 e. The zero-order valence-electron chi connectivity index (χ0n) is 12.0. The molecule has 0 aromatic heterocycles. The first-order chi connectivity index (χ1) is 10.1. The molecule has 1 heterocycles. The molecule has 2 fully saturated rings. The molecule has 4 nitrogen and oxygen atoms in total. The molecule has 1 saturated heterocycles. The van der Waals surface area contributed by atoms with E-state index in [1.165, 1.54) is 12.1 Å². The quantitative estimate of drug-likeness (QED) is 0.880. The predicted octanol–water partition coefficient (Wildman–Crippen LogP) is 2.98. The third-order valence-corrected chi connectivity index (χ3v) is 4.68. The summed E-state index contributed by atoms with van der Waals surface area (Å²) in [7, 11) is 0. The van der Waals surface area contributed by atoms with Crippen molar-refractivity contribution in [1.29, 1.82) is 0 Å². The maximum absolute atomic E-state index is 12.9. The molecular formula is C16H21FN2O2. The van der Waals surface area contributed by atoms with Crippen LogP contribution in [0.5, 0.6) is 0 Å². The van der Waals surface area contributed by atoms with E-state index >= 15 is 0 Å². The lowest BCUT2D eigenvalue weighted by atomic mass is 9.94. The van der Waals surface area contributed by atoms with Crippen LogP contribution in [0.1, 0.15) is 32.1 Å². The summed E-state index contributed by atoms with van der Waals surface area (Å²) in [5.74, 6) is -0.118. The average molecular weight is 292 g/mol. The molecule has 0 bridgehead atoms. The van der Waals surface area contributed by atoms with Gasteiger partial charge in [0, 0.05) is 24.2 Å². The minimum absolute atomic E-state index is 0.128. The van der Waals surface area contributed by atoms with Gasteiger partial charge in [-0.05, 0) is 49.9 Å². The third kappa shape index (κ3) is 3.02. The molecule has 3 rings (SSSR count). The fourth-order valence-corrected chi connectivity index (χ4v) is 3.64. The Morgan fingerprint density at radius 3 is 2.62 bits per heavy atom. The highest BCUT2D eigenvalue weighted by Crippen LogP contribution is 2.36. The van der Waals surface area contributed by atoms with Gasteiger partial charge < -0.3 is 15.3 Å². The van der Waals surface area contributed by atoms with Crippen molar-refractivity contribution in [3.8, 4) is 0 Å². The molecule has 3 atom stereocenters. The molecule has 1 saturated carbocycles. The summed E-state index contributed by atoms with van der Waals surface area (Å²) in [6.45, 7) is 0.723. The summed E-state index contributed by atoms with van der Waals surface area (Å²) in [5, 5.41) is 12.9. The van der Waals surface area contributed by atoms with Crippen molar-refractivity contribution >= 4 is 11.7 Å². The Hall–Kier alpha value is -1.62. The van der Waals surface area contributed by atoms with Gasteiger partial charge in [0.1, 0.15) is 5.82 Å². The monoisotopic (exact) mass is 292 g/mol. The van der Waals surface area contributed by atoms with E-state index in [4.69, 9.17) is 0 Å². The van der Waals surface area contributed by atoms with Crippen LogP contribution < -0.4 is 5.32 Å². The lowest BCUT2D eigenvalue weighted by Gasteiger charge is -2.31. The van der Waals surface area contributed by atoms with E-state index in [2.05, 4.69) is 5.32 Å². The SMILES string of the molecule is O=C(Nc1ccc(F)cc1)N1CCCC1C1CCCC1O. The van der Waals surface area contributed by atoms with E-state index in [1.54, 1.807) is 12.1 Å². The lowest BCUT2D eigenvalue weighted by Crippen LogP contribution is -2.44. The molecule has 3 unspecified atom stereocenters. The molecule has 1 aliphatic heterocycles. The second-order valence-corrected chi connectivity index (χ2v) is 6.00. The fraction of sp³-hybridized carbons (Fsp3) is 0.562. The first kappa shape index (κ1) is 14.3. The normalized spacial score (nSPS) is 28.9. The first-order valence-corrected chi connectivity index (χ1v) is 7.66. The van der Waals surface area contributed by atoms with Crippen LogP contribution >= 0.6 is 0 Å². The predicted molar refractivity (Wildman–Crippen MR) is 78.5 cm³/mol. The molecule has 1 aromatic carbocycles. The summed E-state index contributed by atoms with van der Waals surface area (Å²) in [4.78, 5) is 14.2. The van der Waals surface area contributed by atoms with Gasteiger partial charge in [-0.2, -0.15) is 0 Å². The number of amides is 2. The molecular weight excluding hydrogens is 271 g/mol. The number of aliphatic hydroxyl groups excluding tert-OH is 1. The molecule has 21 heavy (non-hydrogen) atoms. The van der Waals surface area contributed by atoms with Crippen molar-refractivity contribution < 1.29 is 14.3 Å². The van der Waals surface area contributed by atoms with Gasteiger partial charge in [-0.25, -0.2) is 9.18 Å². The highest BCUT2D eigenvalue weighted by molar-refractivity contribution is 5.89. The highest BCUT2D eigenvalue weighted by Gasteiger charge is 2.40. The van der Waals surface area contributed by atoms with Crippen molar-refractivity contribution in [2.45, 2.75) is 44.2 Å². The fourth-order valence-electron chi connectivity index (χ4n) is 3.64.